The molecule has 88 valence electrons. The molecule has 1 aliphatic rings. The minimum Gasteiger partial charge on any atom is -0.480 e. The number of carboxylic acid groups (broad SMARTS) is 1. The van der Waals surface area contributed by atoms with Gasteiger partial charge in [-0.15, -0.1) is 0 Å². The van der Waals surface area contributed by atoms with Gasteiger partial charge in [0.1, 0.15) is 6.04 Å². The molecule has 0 bridgehead atoms. The first-order valence-electron chi connectivity index (χ1n) is 6.08. The summed E-state index contributed by atoms with van der Waals surface area (Å²) >= 11 is 0. The van der Waals surface area contributed by atoms with Crippen LogP contribution in [-0.4, -0.2) is 23.2 Å². The van der Waals surface area contributed by atoms with Crippen LogP contribution < -0.4 is 5.32 Å². The number of hydrogen-bond acceptors (Lipinski definition) is 2. The largest absolute Gasteiger partial charge is 0.480 e. The van der Waals surface area contributed by atoms with E-state index in [4.69, 9.17) is 5.11 Å². The molecular formula is C12H23NO2. The molecule has 0 aliphatic heterocycles. The second-order valence-electron chi connectivity index (χ2n) is 5.02. The smallest absolute Gasteiger partial charge is 0.320 e. The van der Waals surface area contributed by atoms with Gasteiger partial charge in [-0.1, -0.05) is 33.1 Å². The lowest BCUT2D eigenvalue weighted by Crippen LogP contribution is -2.44. The monoisotopic (exact) mass is 213 g/mol. The summed E-state index contributed by atoms with van der Waals surface area (Å²) in [5.41, 5.74) is 0. The van der Waals surface area contributed by atoms with Crippen molar-refractivity contribution in [2.45, 2.75) is 64.5 Å². The summed E-state index contributed by atoms with van der Waals surface area (Å²) in [7, 11) is 0. The highest BCUT2D eigenvalue weighted by Crippen LogP contribution is 2.19. The molecule has 0 amide bonds. The quantitative estimate of drug-likeness (QED) is 0.737. The molecule has 0 aromatic rings. The van der Waals surface area contributed by atoms with Crippen LogP contribution in [0.3, 0.4) is 0 Å². The van der Waals surface area contributed by atoms with E-state index in [1.807, 2.05) is 0 Å². The number of nitrogens with one attached hydrogen (secondary N) is 1. The minimum absolute atomic E-state index is 0.354. The molecule has 0 saturated heterocycles. The Hall–Kier alpha value is -0.570. The lowest BCUT2D eigenvalue weighted by Gasteiger charge is -2.27. The highest BCUT2D eigenvalue weighted by atomic mass is 16.4. The first-order chi connectivity index (χ1) is 7.09. The number of hydrogen-bond donors (Lipinski definition) is 2. The Labute approximate surface area is 92.3 Å². The summed E-state index contributed by atoms with van der Waals surface area (Å²) in [5.74, 6) is -0.267. The molecule has 1 fully saturated rings. The molecule has 0 aromatic heterocycles. The molecule has 15 heavy (non-hydrogen) atoms. The lowest BCUT2D eigenvalue weighted by atomic mass is 9.93. The van der Waals surface area contributed by atoms with Gasteiger partial charge in [-0.05, 0) is 25.2 Å². The average Bonchev–Trinajstić information content (AvgIpc) is 2.17. The zero-order chi connectivity index (χ0) is 11.3. The third-order valence-electron chi connectivity index (χ3n) is 3.05. The summed E-state index contributed by atoms with van der Waals surface area (Å²) in [5, 5.41) is 12.4. The molecule has 3 heteroatoms. The van der Waals surface area contributed by atoms with Gasteiger partial charge in [-0.2, -0.15) is 0 Å². The van der Waals surface area contributed by atoms with Gasteiger partial charge >= 0.3 is 5.97 Å². The summed E-state index contributed by atoms with van der Waals surface area (Å²) in [6.45, 7) is 4.14. The zero-order valence-electron chi connectivity index (χ0n) is 9.83. The maximum absolute atomic E-state index is 11.0. The van der Waals surface area contributed by atoms with Crippen LogP contribution in [0.25, 0.3) is 0 Å². The number of rotatable bonds is 5. The Balaban J connectivity index is 2.38. The summed E-state index contributed by atoms with van der Waals surface area (Å²) in [4.78, 5) is 11.0. The highest BCUT2D eigenvalue weighted by molar-refractivity contribution is 5.73. The van der Waals surface area contributed by atoms with Gasteiger partial charge in [0, 0.05) is 6.04 Å². The Morgan fingerprint density at radius 1 is 1.33 bits per heavy atom. The van der Waals surface area contributed by atoms with E-state index in [0.717, 1.165) is 19.3 Å². The van der Waals surface area contributed by atoms with Crippen molar-refractivity contribution in [1.29, 1.82) is 0 Å². The Morgan fingerprint density at radius 3 is 2.40 bits per heavy atom. The fourth-order valence-corrected chi connectivity index (χ4v) is 2.27. The molecule has 0 radical (unpaired) electrons. The molecule has 0 heterocycles. The van der Waals surface area contributed by atoms with E-state index in [0.29, 0.717) is 12.0 Å². The second-order valence-corrected chi connectivity index (χ2v) is 5.02. The van der Waals surface area contributed by atoms with Crippen molar-refractivity contribution in [2.24, 2.45) is 5.92 Å². The minimum atomic E-state index is -0.700. The van der Waals surface area contributed by atoms with Gasteiger partial charge in [0.25, 0.3) is 0 Å². The van der Waals surface area contributed by atoms with Crippen molar-refractivity contribution in [1.82, 2.24) is 5.32 Å². The maximum Gasteiger partial charge on any atom is 0.320 e. The standard InChI is InChI=1S/C12H23NO2/c1-9(2)8-11(12(14)15)13-10-6-4-3-5-7-10/h9-11,13H,3-8H2,1-2H3,(H,14,15)/t11-/m0/s1. The third-order valence-corrected chi connectivity index (χ3v) is 3.05. The summed E-state index contributed by atoms with van der Waals surface area (Å²) < 4.78 is 0. The average molecular weight is 213 g/mol. The highest BCUT2D eigenvalue weighted by Gasteiger charge is 2.23. The van der Waals surface area contributed by atoms with Gasteiger partial charge in [0.15, 0.2) is 0 Å². The van der Waals surface area contributed by atoms with Gasteiger partial charge in [0.2, 0.25) is 0 Å². The molecule has 1 aliphatic carbocycles. The van der Waals surface area contributed by atoms with Gasteiger partial charge in [0.05, 0.1) is 0 Å². The molecule has 0 spiro atoms. The first kappa shape index (κ1) is 12.5. The van der Waals surface area contributed by atoms with Crippen molar-refractivity contribution < 1.29 is 9.90 Å². The predicted octanol–water partition coefficient (Wildman–Crippen LogP) is 2.41. The van der Waals surface area contributed by atoms with E-state index in [1.165, 1.54) is 19.3 Å². The van der Waals surface area contributed by atoms with Crippen LogP contribution in [0.2, 0.25) is 0 Å². The van der Waals surface area contributed by atoms with Crippen molar-refractivity contribution >= 4 is 5.97 Å². The molecule has 0 unspecified atom stereocenters. The van der Waals surface area contributed by atoms with E-state index >= 15 is 0 Å². The fraction of sp³-hybridized carbons (Fsp3) is 0.917. The van der Waals surface area contributed by atoms with Crippen LogP contribution in [-0.2, 0) is 4.79 Å². The van der Waals surface area contributed by atoms with Gasteiger partial charge in [-0.25, -0.2) is 0 Å². The third kappa shape index (κ3) is 4.65. The van der Waals surface area contributed by atoms with Crippen LogP contribution in [0.4, 0.5) is 0 Å². The number of carbonyl (C=O) groups is 1. The van der Waals surface area contributed by atoms with Crippen LogP contribution in [0, 0.1) is 5.92 Å². The van der Waals surface area contributed by atoms with E-state index in [1.54, 1.807) is 0 Å². The van der Waals surface area contributed by atoms with E-state index in [-0.39, 0.29) is 6.04 Å². The van der Waals surface area contributed by atoms with Crippen LogP contribution in [0.1, 0.15) is 52.4 Å². The fourth-order valence-electron chi connectivity index (χ4n) is 2.27. The van der Waals surface area contributed by atoms with Gasteiger partial charge < -0.3 is 10.4 Å². The van der Waals surface area contributed by atoms with Crippen molar-refractivity contribution in [3.05, 3.63) is 0 Å². The molecule has 3 nitrogen and oxygen atoms in total. The SMILES string of the molecule is CC(C)C[C@H](NC1CCCCC1)C(=O)O. The van der Waals surface area contributed by atoms with E-state index in [9.17, 15) is 4.79 Å². The molecule has 2 N–H and O–H groups in total. The van der Waals surface area contributed by atoms with E-state index in [2.05, 4.69) is 19.2 Å². The maximum atomic E-state index is 11.0. The van der Waals surface area contributed by atoms with Crippen molar-refractivity contribution in [3.63, 3.8) is 0 Å². The Kier molecular flexibility index (Phi) is 5.09. The Bertz CT molecular complexity index is 198. The number of carboxylic acids is 1. The second kappa shape index (κ2) is 6.11. The molecule has 1 atom stereocenters. The number of aliphatic carboxylic acids is 1. The Morgan fingerprint density at radius 2 is 1.93 bits per heavy atom. The topological polar surface area (TPSA) is 49.3 Å². The van der Waals surface area contributed by atoms with Crippen LogP contribution >= 0.6 is 0 Å². The summed E-state index contributed by atoms with van der Waals surface area (Å²) in [6.07, 6.45) is 6.80. The molecule has 0 aromatic carbocycles. The van der Waals surface area contributed by atoms with Crippen LogP contribution in [0.15, 0.2) is 0 Å². The lowest BCUT2D eigenvalue weighted by molar-refractivity contribution is -0.140. The molecule has 1 saturated carbocycles. The van der Waals surface area contributed by atoms with E-state index < -0.39 is 5.97 Å². The normalized spacial score (nSPS) is 20.5. The molecular weight excluding hydrogens is 190 g/mol. The van der Waals surface area contributed by atoms with Crippen LogP contribution in [0.5, 0.6) is 0 Å². The first-order valence-corrected chi connectivity index (χ1v) is 6.08. The zero-order valence-corrected chi connectivity index (χ0v) is 9.83. The predicted molar refractivity (Wildman–Crippen MR) is 60.9 cm³/mol. The summed E-state index contributed by atoms with van der Waals surface area (Å²) in [6, 6.07) is 0.0756. The van der Waals surface area contributed by atoms with Gasteiger partial charge in [-0.3, -0.25) is 4.79 Å². The van der Waals surface area contributed by atoms with Crippen molar-refractivity contribution in [2.75, 3.05) is 0 Å². The molecule has 1 rings (SSSR count). The van der Waals surface area contributed by atoms with Crippen molar-refractivity contribution in [3.8, 4) is 0 Å².